The molecule has 1 aliphatic rings. The van der Waals surface area contributed by atoms with Crippen molar-refractivity contribution in [2.75, 3.05) is 13.2 Å². The summed E-state index contributed by atoms with van der Waals surface area (Å²) in [5, 5.41) is 2.34. The normalized spacial score (nSPS) is 23.3. The molecule has 0 bridgehead atoms. The van der Waals surface area contributed by atoms with E-state index in [9.17, 15) is 14.4 Å². The van der Waals surface area contributed by atoms with Crippen molar-refractivity contribution >= 4 is 17.8 Å². The minimum Gasteiger partial charge on any atom is -0.464 e. The van der Waals surface area contributed by atoms with Crippen LogP contribution < -0.4 is 5.32 Å². The smallest absolute Gasteiger partial charge is 0.408 e. The fraction of sp³-hybridized carbons (Fsp3) is 0.727. The van der Waals surface area contributed by atoms with Crippen molar-refractivity contribution in [2.24, 2.45) is 0 Å². The number of esters is 1. The van der Waals surface area contributed by atoms with Crippen molar-refractivity contribution in [1.82, 2.24) is 5.32 Å². The lowest BCUT2D eigenvalue weighted by Gasteiger charge is -2.25. The van der Waals surface area contributed by atoms with Crippen LogP contribution in [0.1, 0.15) is 33.1 Å². The van der Waals surface area contributed by atoms with Crippen molar-refractivity contribution in [1.29, 1.82) is 0 Å². The molecule has 1 fully saturated rings. The summed E-state index contributed by atoms with van der Waals surface area (Å²) < 4.78 is 9.54. The molecule has 0 spiro atoms. The van der Waals surface area contributed by atoms with Gasteiger partial charge in [0.2, 0.25) is 0 Å². The largest absolute Gasteiger partial charge is 0.464 e. The zero-order valence-corrected chi connectivity index (χ0v) is 10.1. The molecule has 1 amide bonds. The predicted molar refractivity (Wildman–Crippen MR) is 58.4 cm³/mol. The van der Waals surface area contributed by atoms with Gasteiger partial charge in [0.1, 0.15) is 0 Å². The Morgan fingerprint density at radius 2 is 1.94 bits per heavy atom. The second-order valence-electron chi connectivity index (χ2n) is 3.75. The topological polar surface area (TPSA) is 81.7 Å². The van der Waals surface area contributed by atoms with Gasteiger partial charge < -0.3 is 9.47 Å². The number of rotatable bonds is 4. The zero-order chi connectivity index (χ0) is 12.9. The Morgan fingerprint density at radius 1 is 1.29 bits per heavy atom. The number of alkyl carbamates (subject to hydrolysis) is 1. The molecule has 0 aromatic carbocycles. The van der Waals surface area contributed by atoms with Gasteiger partial charge in [0, 0.05) is 6.42 Å². The first-order chi connectivity index (χ1) is 8.06. The molecular weight excluding hydrogens is 226 g/mol. The van der Waals surface area contributed by atoms with E-state index in [1.807, 2.05) is 0 Å². The maximum atomic E-state index is 11.8. The molecule has 1 rings (SSSR count). The van der Waals surface area contributed by atoms with Crippen LogP contribution in [-0.2, 0) is 19.1 Å². The van der Waals surface area contributed by atoms with Gasteiger partial charge in [-0.15, -0.1) is 0 Å². The van der Waals surface area contributed by atoms with Gasteiger partial charge in [0.05, 0.1) is 13.2 Å². The molecule has 17 heavy (non-hydrogen) atoms. The van der Waals surface area contributed by atoms with E-state index >= 15 is 0 Å². The third kappa shape index (κ3) is 2.75. The molecule has 1 aliphatic carbocycles. The maximum Gasteiger partial charge on any atom is 0.408 e. The number of ketones is 1. The van der Waals surface area contributed by atoms with Gasteiger partial charge in [-0.2, -0.15) is 0 Å². The number of amides is 1. The van der Waals surface area contributed by atoms with Crippen molar-refractivity contribution in [3.05, 3.63) is 0 Å². The number of ether oxygens (including phenoxy) is 2. The van der Waals surface area contributed by atoms with E-state index in [0.29, 0.717) is 6.42 Å². The van der Waals surface area contributed by atoms with Crippen LogP contribution in [-0.4, -0.2) is 36.6 Å². The van der Waals surface area contributed by atoms with E-state index < -0.39 is 17.6 Å². The summed E-state index contributed by atoms with van der Waals surface area (Å²) in [6.45, 7) is 3.64. The third-order valence-corrected chi connectivity index (χ3v) is 2.65. The van der Waals surface area contributed by atoms with Gasteiger partial charge in [0.15, 0.2) is 11.3 Å². The van der Waals surface area contributed by atoms with E-state index in [4.69, 9.17) is 9.47 Å². The summed E-state index contributed by atoms with van der Waals surface area (Å²) in [6, 6.07) is 0. The summed E-state index contributed by atoms with van der Waals surface area (Å²) in [5.74, 6) is -1.01. The Kier molecular flexibility index (Phi) is 4.48. The van der Waals surface area contributed by atoms with Crippen LogP contribution in [0, 0.1) is 0 Å². The molecule has 6 nitrogen and oxygen atoms in total. The van der Waals surface area contributed by atoms with Gasteiger partial charge in [-0.1, -0.05) is 0 Å². The Balaban J connectivity index is 2.83. The molecule has 0 heterocycles. The van der Waals surface area contributed by atoms with Crippen LogP contribution in [0.25, 0.3) is 0 Å². The van der Waals surface area contributed by atoms with Crippen LogP contribution in [0.15, 0.2) is 0 Å². The van der Waals surface area contributed by atoms with Gasteiger partial charge >= 0.3 is 12.1 Å². The van der Waals surface area contributed by atoms with Crippen LogP contribution in [0.5, 0.6) is 0 Å². The predicted octanol–water partition coefficient (Wildman–Crippen LogP) is 0.787. The van der Waals surface area contributed by atoms with E-state index in [1.165, 1.54) is 0 Å². The monoisotopic (exact) mass is 243 g/mol. The lowest BCUT2D eigenvalue weighted by molar-refractivity contribution is -0.153. The Bertz CT molecular complexity index is 328. The number of carbonyl (C=O) groups excluding carboxylic acids is 3. The quantitative estimate of drug-likeness (QED) is 0.583. The first-order valence-electron chi connectivity index (χ1n) is 5.72. The van der Waals surface area contributed by atoms with E-state index in [0.717, 1.165) is 0 Å². The highest BCUT2D eigenvalue weighted by atomic mass is 16.6. The first-order valence-corrected chi connectivity index (χ1v) is 5.72. The second kappa shape index (κ2) is 5.65. The molecule has 1 atom stereocenters. The minimum absolute atomic E-state index is 0.165. The number of carbonyl (C=O) groups is 3. The number of Topliss-reactive ketones (excluding diaryl/α,β-unsaturated/α-hetero) is 1. The lowest BCUT2D eigenvalue weighted by atomic mass is 9.97. The molecule has 1 saturated carbocycles. The molecule has 96 valence electrons. The van der Waals surface area contributed by atoms with Crippen molar-refractivity contribution in [2.45, 2.75) is 38.6 Å². The van der Waals surface area contributed by atoms with Gasteiger partial charge in [-0.05, 0) is 26.7 Å². The van der Waals surface area contributed by atoms with Crippen LogP contribution in [0.2, 0.25) is 0 Å². The molecule has 0 radical (unpaired) electrons. The van der Waals surface area contributed by atoms with Gasteiger partial charge in [0.25, 0.3) is 0 Å². The standard InChI is InChI=1S/C11H17NO5/c1-3-16-9(14)11(7-5-6-8(11)13)12-10(15)17-4-2/h3-7H2,1-2H3,(H,12,15). The van der Waals surface area contributed by atoms with Crippen molar-refractivity contribution in [3.63, 3.8) is 0 Å². The lowest BCUT2D eigenvalue weighted by Crippen LogP contribution is -2.58. The van der Waals surface area contributed by atoms with E-state index in [-0.39, 0.29) is 31.8 Å². The summed E-state index contributed by atoms with van der Waals surface area (Å²) in [6.07, 6.45) is 0.328. The Labute approximate surface area is 99.6 Å². The van der Waals surface area contributed by atoms with Gasteiger partial charge in [-0.25, -0.2) is 9.59 Å². The molecule has 0 saturated heterocycles. The average Bonchev–Trinajstić information content (AvgIpc) is 2.62. The molecule has 1 unspecified atom stereocenters. The fourth-order valence-corrected chi connectivity index (χ4v) is 1.86. The molecule has 1 N–H and O–H groups in total. The fourth-order valence-electron chi connectivity index (χ4n) is 1.86. The number of hydrogen-bond acceptors (Lipinski definition) is 5. The molecule has 0 aromatic rings. The molecule has 6 heteroatoms. The Morgan fingerprint density at radius 3 is 2.41 bits per heavy atom. The summed E-state index contributed by atoms with van der Waals surface area (Å²) in [7, 11) is 0. The number of nitrogens with one attached hydrogen (secondary N) is 1. The molecule has 0 aliphatic heterocycles. The van der Waals surface area contributed by atoms with E-state index in [1.54, 1.807) is 13.8 Å². The Hall–Kier alpha value is -1.59. The van der Waals surface area contributed by atoms with Crippen LogP contribution >= 0.6 is 0 Å². The molecular formula is C11H17NO5. The maximum absolute atomic E-state index is 11.8. The first kappa shape index (κ1) is 13.5. The summed E-state index contributed by atoms with van der Waals surface area (Å²) in [4.78, 5) is 35.0. The second-order valence-corrected chi connectivity index (χ2v) is 3.75. The average molecular weight is 243 g/mol. The van der Waals surface area contributed by atoms with Gasteiger partial charge in [-0.3, -0.25) is 10.1 Å². The molecule has 0 aromatic heterocycles. The van der Waals surface area contributed by atoms with Crippen molar-refractivity contribution in [3.8, 4) is 0 Å². The highest BCUT2D eigenvalue weighted by molar-refractivity contribution is 6.11. The van der Waals surface area contributed by atoms with Crippen molar-refractivity contribution < 1.29 is 23.9 Å². The highest BCUT2D eigenvalue weighted by Crippen LogP contribution is 2.27. The SMILES string of the molecule is CCOC(=O)NC1(C(=O)OCC)CCCC1=O. The van der Waals surface area contributed by atoms with E-state index in [2.05, 4.69) is 5.32 Å². The summed E-state index contributed by atoms with van der Waals surface area (Å²) >= 11 is 0. The zero-order valence-electron chi connectivity index (χ0n) is 10.1. The summed E-state index contributed by atoms with van der Waals surface area (Å²) in [5.41, 5.74) is -1.54. The van der Waals surface area contributed by atoms with Crippen LogP contribution in [0.4, 0.5) is 4.79 Å². The highest BCUT2D eigenvalue weighted by Gasteiger charge is 2.51. The van der Waals surface area contributed by atoms with Crippen LogP contribution in [0.3, 0.4) is 0 Å². The number of hydrogen-bond donors (Lipinski definition) is 1. The third-order valence-electron chi connectivity index (χ3n) is 2.65. The minimum atomic E-state index is -1.54.